The van der Waals surface area contributed by atoms with Crippen LogP contribution in [-0.2, 0) is 24.3 Å². The normalized spacial score (nSPS) is 16.3. The number of methoxy groups -OCH3 is 2. The monoisotopic (exact) mass is 371 g/mol. The molecule has 1 aliphatic heterocycles. The Hall–Kier alpha value is -2.13. The fourth-order valence-electron chi connectivity index (χ4n) is 2.52. The Morgan fingerprint density at radius 1 is 1.16 bits per heavy atom. The van der Waals surface area contributed by atoms with Gasteiger partial charge in [0.05, 0.1) is 19.8 Å². The second-order valence-corrected chi connectivity index (χ2v) is 7.45. The van der Waals surface area contributed by atoms with Crippen molar-refractivity contribution in [3.05, 3.63) is 23.8 Å². The first kappa shape index (κ1) is 19.2. The van der Waals surface area contributed by atoms with Gasteiger partial charge in [0.15, 0.2) is 6.10 Å². The van der Waals surface area contributed by atoms with E-state index < -0.39 is 28.1 Å². The van der Waals surface area contributed by atoms with E-state index in [4.69, 9.17) is 9.47 Å². The van der Waals surface area contributed by atoms with Gasteiger partial charge < -0.3 is 14.2 Å². The number of benzene rings is 1. The predicted molar refractivity (Wildman–Crippen MR) is 87.9 cm³/mol. The smallest absolute Gasteiger partial charge is 0.346 e. The number of nitrogens with zero attached hydrogens (tertiary/aromatic N) is 1. The molecule has 0 aliphatic carbocycles. The van der Waals surface area contributed by atoms with Crippen molar-refractivity contribution in [3.63, 3.8) is 0 Å². The van der Waals surface area contributed by atoms with Crippen molar-refractivity contribution >= 4 is 22.0 Å². The highest BCUT2D eigenvalue weighted by atomic mass is 32.2. The van der Waals surface area contributed by atoms with Crippen LogP contribution in [0.5, 0.6) is 5.75 Å². The molecule has 138 valence electrons. The second-order valence-electron chi connectivity index (χ2n) is 5.55. The van der Waals surface area contributed by atoms with Gasteiger partial charge in [-0.15, -0.1) is 0 Å². The summed E-state index contributed by atoms with van der Waals surface area (Å²) in [5.41, 5.74) is 0.00863. The maximum absolute atomic E-state index is 12.8. The van der Waals surface area contributed by atoms with Crippen molar-refractivity contribution in [1.82, 2.24) is 4.31 Å². The van der Waals surface area contributed by atoms with Gasteiger partial charge >= 0.3 is 11.9 Å². The molecule has 0 bridgehead atoms. The summed E-state index contributed by atoms with van der Waals surface area (Å²) >= 11 is 0. The standard InChI is InChI=1S/C16H21NO7S/c1-11(15(18)23-3)24-16(19)12-6-7-13(22-2)14(10-12)25(20,21)17-8-4-5-9-17/h6-7,10-11H,4-5,8-9H2,1-3H3/t11-/m1/s1. The third-order valence-electron chi connectivity index (χ3n) is 3.90. The van der Waals surface area contributed by atoms with Crippen molar-refractivity contribution in [2.45, 2.75) is 30.8 Å². The summed E-state index contributed by atoms with van der Waals surface area (Å²) in [5.74, 6) is -1.38. The molecule has 0 N–H and O–H groups in total. The molecule has 1 heterocycles. The molecule has 1 saturated heterocycles. The zero-order chi connectivity index (χ0) is 18.6. The summed E-state index contributed by atoms with van der Waals surface area (Å²) in [5, 5.41) is 0. The van der Waals surface area contributed by atoms with Crippen LogP contribution in [0.25, 0.3) is 0 Å². The van der Waals surface area contributed by atoms with Gasteiger partial charge in [0.25, 0.3) is 0 Å². The Labute approximate surface area is 146 Å². The largest absolute Gasteiger partial charge is 0.495 e. The van der Waals surface area contributed by atoms with Gasteiger partial charge in [-0.05, 0) is 38.0 Å². The molecule has 2 rings (SSSR count). The lowest BCUT2D eigenvalue weighted by atomic mass is 10.2. The number of carbonyl (C=O) groups is 2. The Balaban J connectivity index is 2.33. The van der Waals surface area contributed by atoms with Crippen molar-refractivity contribution in [2.75, 3.05) is 27.3 Å². The third kappa shape index (κ3) is 4.10. The second kappa shape index (κ2) is 7.83. The summed E-state index contributed by atoms with van der Waals surface area (Å²) in [4.78, 5) is 23.5. The fraction of sp³-hybridized carbons (Fsp3) is 0.500. The van der Waals surface area contributed by atoms with Crippen LogP contribution in [0.4, 0.5) is 0 Å². The van der Waals surface area contributed by atoms with Crippen LogP contribution in [0, 0.1) is 0 Å². The molecular formula is C16H21NO7S. The van der Waals surface area contributed by atoms with Crippen LogP contribution >= 0.6 is 0 Å². The molecule has 0 radical (unpaired) electrons. The first-order chi connectivity index (χ1) is 11.8. The SMILES string of the molecule is COC(=O)[C@@H](C)OC(=O)c1ccc(OC)c(S(=O)(=O)N2CCCC2)c1. The highest BCUT2D eigenvalue weighted by Crippen LogP contribution is 2.30. The highest BCUT2D eigenvalue weighted by molar-refractivity contribution is 7.89. The van der Waals surface area contributed by atoms with E-state index in [0.717, 1.165) is 12.8 Å². The first-order valence-corrected chi connectivity index (χ1v) is 9.22. The number of ether oxygens (including phenoxy) is 3. The first-order valence-electron chi connectivity index (χ1n) is 7.78. The number of carbonyl (C=O) groups excluding carboxylic acids is 2. The number of sulfonamides is 1. The molecule has 0 unspecified atom stereocenters. The average molecular weight is 371 g/mol. The maximum Gasteiger partial charge on any atom is 0.346 e. The Morgan fingerprint density at radius 3 is 2.36 bits per heavy atom. The number of rotatable bonds is 6. The topological polar surface area (TPSA) is 99.2 Å². The maximum atomic E-state index is 12.8. The van der Waals surface area contributed by atoms with E-state index in [-0.39, 0.29) is 16.2 Å². The Kier molecular flexibility index (Phi) is 6.02. The molecule has 1 atom stereocenters. The van der Waals surface area contributed by atoms with Gasteiger partial charge in [-0.1, -0.05) is 0 Å². The van der Waals surface area contributed by atoms with Crippen LogP contribution in [0.3, 0.4) is 0 Å². The predicted octanol–water partition coefficient (Wildman–Crippen LogP) is 1.20. The molecule has 0 saturated carbocycles. The summed E-state index contributed by atoms with van der Waals surface area (Å²) in [6, 6.07) is 3.98. The van der Waals surface area contributed by atoms with Crippen LogP contribution < -0.4 is 4.74 Å². The van der Waals surface area contributed by atoms with E-state index in [9.17, 15) is 18.0 Å². The summed E-state index contributed by atoms with van der Waals surface area (Å²) in [7, 11) is -1.24. The molecule has 9 heteroatoms. The minimum Gasteiger partial charge on any atom is -0.495 e. The van der Waals surface area contributed by atoms with E-state index in [1.807, 2.05) is 0 Å². The highest BCUT2D eigenvalue weighted by Gasteiger charge is 2.31. The van der Waals surface area contributed by atoms with Gasteiger partial charge in [-0.3, -0.25) is 0 Å². The molecule has 1 aromatic rings. The summed E-state index contributed by atoms with van der Waals surface area (Å²) in [6.45, 7) is 2.23. The van der Waals surface area contributed by atoms with Crippen molar-refractivity contribution in [3.8, 4) is 5.75 Å². The zero-order valence-corrected chi connectivity index (χ0v) is 15.2. The zero-order valence-electron chi connectivity index (χ0n) is 14.4. The summed E-state index contributed by atoms with van der Waals surface area (Å²) in [6.07, 6.45) is 0.484. The van der Waals surface area contributed by atoms with Crippen LogP contribution in [0.15, 0.2) is 23.1 Å². The van der Waals surface area contributed by atoms with Crippen LogP contribution in [0.1, 0.15) is 30.1 Å². The van der Waals surface area contributed by atoms with Crippen LogP contribution in [-0.4, -0.2) is 58.1 Å². The summed E-state index contributed by atoms with van der Waals surface area (Å²) < 4.78 is 41.5. The average Bonchev–Trinajstić information content (AvgIpc) is 3.15. The molecule has 25 heavy (non-hydrogen) atoms. The van der Waals surface area contributed by atoms with Gasteiger partial charge in [-0.25, -0.2) is 18.0 Å². The van der Waals surface area contributed by atoms with Crippen LogP contribution in [0.2, 0.25) is 0 Å². The Morgan fingerprint density at radius 2 is 1.80 bits per heavy atom. The van der Waals surface area contributed by atoms with E-state index >= 15 is 0 Å². The molecular weight excluding hydrogens is 350 g/mol. The fourth-order valence-corrected chi connectivity index (χ4v) is 4.21. The third-order valence-corrected chi connectivity index (χ3v) is 5.82. The lowest BCUT2D eigenvalue weighted by Gasteiger charge is -2.18. The van der Waals surface area contributed by atoms with E-state index in [1.54, 1.807) is 0 Å². The molecule has 1 aliphatic rings. The van der Waals surface area contributed by atoms with E-state index in [0.29, 0.717) is 13.1 Å². The minimum absolute atomic E-state index is 0.00863. The molecule has 0 aromatic heterocycles. The number of esters is 2. The molecule has 0 spiro atoms. The van der Waals surface area contributed by atoms with Crippen molar-refractivity contribution < 1.29 is 32.2 Å². The van der Waals surface area contributed by atoms with Gasteiger partial charge in [-0.2, -0.15) is 4.31 Å². The van der Waals surface area contributed by atoms with Crippen molar-refractivity contribution in [1.29, 1.82) is 0 Å². The Bertz CT molecular complexity index is 754. The van der Waals surface area contributed by atoms with Gasteiger partial charge in [0.1, 0.15) is 10.6 Å². The molecule has 1 aromatic carbocycles. The molecule has 0 amide bonds. The van der Waals surface area contributed by atoms with E-state index in [1.165, 1.54) is 43.6 Å². The lowest BCUT2D eigenvalue weighted by Crippen LogP contribution is -2.29. The number of hydrogen-bond donors (Lipinski definition) is 0. The van der Waals surface area contributed by atoms with E-state index in [2.05, 4.69) is 4.74 Å². The molecule has 1 fully saturated rings. The molecule has 8 nitrogen and oxygen atoms in total. The van der Waals surface area contributed by atoms with Crippen molar-refractivity contribution in [2.24, 2.45) is 0 Å². The minimum atomic E-state index is -3.78. The van der Waals surface area contributed by atoms with Gasteiger partial charge in [0.2, 0.25) is 10.0 Å². The quantitative estimate of drug-likeness (QED) is 0.693. The number of hydrogen-bond acceptors (Lipinski definition) is 7. The van der Waals surface area contributed by atoms with Gasteiger partial charge in [0, 0.05) is 13.1 Å². The lowest BCUT2D eigenvalue weighted by molar-refractivity contribution is -0.149.